The Balaban J connectivity index is 2.85. The number of rotatable bonds is 5. The summed E-state index contributed by atoms with van der Waals surface area (Å²) >= 11 is 0. The average molecular weight is 266 g/mol. The molecule has 0 aromatic carbocycles. The summed E-state index contributed by atoms with van der Waals surface area (Å²) in [6, 6.07) is 0. The third kappa shape index (κ3) is 4.67. The first-order chi connectivity index (χ1) is 9.02. The van der Waals surface area contributed by atoms with Crippen molar-refractivity contribution < 1.29 is 9.53 Å². The van der Waals surface area contributed by atoms with Gasteiger partial charge in [0.05, 0.1) is 7.11 Å². The minimum absolute atomic E-state index is 0.00220. The van der Waals surface area contributed by atoms with E-state index in [4.69, 9.17) is 4.74 Å². The number of carbonyl (C=O) groups excluding carboxylic acids is 1. The van der Waals surface area contributed by atoms with E-state index in [0.717, 1.165) is 31.3 Å². The van der Waals surface area contributed by atoms with Crippen molar-refractivity contribution in [3.8, 4) is 0 Å². The second-order valence-corrected chi connectivity index (χ2v) is 6.45. The first kappa shape index (κ1) is 16.3. The molecule has 2 nitrogen and oxygen atoms in total. The molecule has 0 heterocycles. The summed E-state index contributed by atoms with van der Waals surface area (Å²) in [4.78, 5) is 11.9. The van der Waals surface area contributed by atoms with Gasteiger partial charge in [-0.15, -0.1) is 0 Å². The molecule has 0 N–H and O–H groups in total. The summed E-state index contributed by atoms with van der Waals surface area (Å²) in [5, 5.41) is 0. The van der Waals surface area contributed by atoms with Crippen molar-refractivity contribution in [3.63, 3.8) is 0 Å². The smallest absolute Gasteiger partial charge is 0.333 e. The van der Waals surface area contributed by atoms with Gasteiger partial charge < -0.3 is 4.74 Å². The van der Waals surface area contributed by atoms with Crippen molar-refractivity contribution in [2.24, 2.45) is 11.3 Å². The molecule has 0 atom stereocenters. The van der Waals surface area contributed by atoms with E-state index in [1.165, 1.54) is 39.2 Å². The van der Waals surface area contributed by atoms with Gasteiger partial charge in [0.15, 0.2) is 0 Å². The van der Waals surface area contributed by atoms with Crippen LogP contribution in [0.4, 0.5) is 0 Å². The number of hydrogen-bond donors (Lipinski definition) is 0. The quantitative estimate of drug-likeness (QED) is 0.523. The van der Waals surface area contributed by atoms with Crippen molar-refractivity contribution in [2.75, 3.05) is 7.11 Å². The van der Waals surface area contributed by atoms with E-state index in [1.807, 2.05) is 0 Å². The van der Waals surface area contributed by atoms with Crippen LogP contribution in [0.5, 0.6) is 0 Å². The van der Waals surface area contributed by atoms with Crippen LogP contribution in [0.2, 0.25) is 0 Å². The van der Waals surface area contributed by atoms with E-state index < -0.39 is 0 Å². The van der Waals surface area contributed by atoms with E-state index >= 15 is 0 Å². The van der Waals surface area contributed by atoms with Gasteiger partial charge in [-0.3, -0.25) is 0 Å². The van der Waals surface area contributed by atoms with Gasteiger partial charge in [0.2, 0.25) is 0 Å². The number of methoxy groups -OCH3 is 1. The van der Waals surface area contributed by atoms with E-state index in [0.29, 0.717) is 5.92 Å². The molecule has 0 saturated heterocycles. The van der Waals surface area contributed by atoms with Crippen LogP contribution in [0.3, 0.4) is 0 Å². The highest BCUT2D eigenvalue weighted by atomic mass is 16.5. The van der Waals surface area contributed by atoms with Gasteiger partial charge >= 0.3 is 5.97 Å². The highest BCUT2D eigenvalue weighted by Crippen LogP contribution is 2.44. The molecule has 19 heavy (non-hydrogen) atoms. The fourth-order valence-corrected chi connectivity index (χ4v) is 3.19. The lowest BCUT2D eigenvalue weighted by Crippen LogP contribution is -2.29. The summed E-state index contributed by atoms with van der Waals surface area (Å²) in [6.45, 7) is 8.59. The predicted molar refractivity (Wildman–Crippen MR) is 80.0 cm³/mol. The molecule has 0 aliphatic heterocycles. The van der Waals surface area contributed by atoms with Crippen LogP contribution < -0.4 is 0 Å². The van der Waals surface area contributed by atoms with E-state index in [9.17, 15) is 4.79 Å². The third-order valence-electron chi connectivity index (χ3n) is 4.58. The van der Waals surface area contributed by atoms with Gasteiger partial charge in [0.1, 0.15) is 0 Å². The second kappa shape index (κ2) is 7.72. The van der Waals surface area contributed by atoms with Crippen molar-refractivity contribution >= 4 is 5.97 Å². The van der Waals surface area contributed by atoms with Gasteiger partial charge in [0.25, 0.3) is 0 Å². The maximum Gasteiger partial charge on any atom is 0.333 e. The minimum atomic E-state index is -0.204. The maximum absolute atomic E-state index is 11.9. The molecule has 1 aliphatic carbocycles. The topological polar surface area (TPSA) is 26.3 Å². The van der Waals surface area contributed by atoms with Crippen molar-refractivity contribution in [1.29, 1.82) is 0 Å². The normalized spacial score (nSPS) is 19.6. The number of hydrogen-bond acceptors (Lipinski definition) is 2. The molecule has 0 amide bonds. The minimum Gasteiger partial charge on any atom is -0.466 e. The molecule has 1 fully saturated rings. The van der Waals surface area contributed by atoms with E-state index in [-0.39, 0.29) is 11.4 Å². The van der Waals surface area contributed by atoms with Crippen molar-refractivity contribution in [2.45, 2.75) is 71.6 Å². The van der Waals surface area contributed by atoms with Crippen LogP contribution in [0.1, 0.15) is 71.6 Å². The average Bonchev–Trinajstić information content (AvgIpc) is 2.36. The zero-order valence-corrected chi connectivity index (χ0v) is 13.0. The highest BCUT2D eigenvalue weighted by molar-refractivity contribution is 5.89. The van der Waals surface area contributed by atoms with Gasteiger partial charge in [-0.2, -0.15) is 0 Å². The molecular weight excluding hydrogens is 236 g/mol. The molecule has 0 unspecified atom stereocenters. The zero-order valence-electron chi connectivity index (χ0n) is 13.0. The lowest BCUT2D eigenvalue weighted by atomic mass is 9.68. The Labute approximate surface area is 118 Å². The summed E-state index contributed by atoms with van der Waals surface area (Å²) in [5.74, 6) is 0.470. The summed E-state index contributed by atoms with van der Waals surface area (Å²) in [5.41, 5.74) is 0.718. The highest BCUT2D eigenvalue weighted by Gasteiger charge is 2.36. The van der Waals surface area contributed by atoms with Crippen molar-refractivity contribution in [1.82, 2.24) is 0 Å². The molecule has 1 aliphatic rings. The van der Waals surface area contributed by atoms with Crippen LogP contribution in [-0.4, -0.2) is 13.1 Å². The summed E-state index contributed by atoms with van der Waals surface area (Å²) in [7, 11) is 1.46. The molecule has 2 heteroatoms. The van der Waals surface area contributed by atoms with Gasteiger partial charge in [-0.25, -0.2) is 4.79 Å². The first-order valence-electron chi connectivity index (χ1n) is 7.79. The molecule has 0 aromatic heterocycles. The molecular formula is C17H30O2. The monoisotopic (exact) mass is 266 g/mol. The van der Waals surface area contributed by atoms with Gasteiger partial charge in [-0.05, 0) is 25.2 Å². The lowest BCUT2D eigenvalue weighted by molar-refractivity contribution is -0.137. The lowest BCUT2D eigenvalue weighted by Gasteiger charge is -2.37. The second-order valence-electron chi connectivity index (χ2n) is 6.45. The molecule has 0 aromatic rings. The number of carbonyl (C=O) groups is 1. The molecule has 0 spiro atoms. The van der Waals surface area contributed by atoms with E-state index in [2.05, 4.69) is 20.4 Å². The predicted octanol–water partition coefficient (Wildman–Crippen LogP) is 4.88. The SMILES string of the molecule is C=C(C(=O)OC)C1(CCC(C)C)CCCCCCC1. The van der Waals surface area contributed by atoms with Crippen LogP contribution in [0.15, 0.2) is 12.2 Å². The Morgan fingerprint density at radius 3 is 2.16 bits per heavy atom. The third-order valence-corrected chi connectivity index (χ3v) is 4.58. The Bertz CT molecular complexity index is 296. The van der Waals surface area contributed by atoms with Gasteiger partial charge in [-0.1, -0.05) is 59.0 Å². The first-order valence-corrected chi connectivity index (χ1v) is 7.79. The van der Waals surface area contributed by atoms with Crippen LogP contribution >= 0.6 is 0 Å². The maximum atomic E-state index is 11.9. The van der Waals surface area contributed by atoms with Gasteiger partial charge in [0, 0.05) is 11.0 Å². The number of esters is 1. The number of ether oxygens (including phenoxy) is 1. The molecule has 1 saturated carbocycles. The summed E-state index contributed by atoms with van der Waals surface area (Å²) in [6.07, 6.45) is 10.8. The van der Waals surface area contributed by atoms with Crippen molar-refractivity contribution in [3.05, 3.63) is 12.2 Å². The largest absolute Gasteiger partial charge is 0.466 e. The fourth-order valence-electron chi connectivity index (χ4n) is 3.19. The summed E-state index contributed by atoms with van der Waals surface area (Å²) < 4.78 is 4.93. The van der Waals surface area contributed by atoms with Crippen LogP contribution in [0, 0.1) is 11.3 Å². The van der Waals surface area contributed by atoms with E-state index in [1.54, 1.807) is 0 Å². The Kier molecular flexibility index (Phi) is 6.60. The van der Waals surface area contributed by atoms with Crippen LogP contribution in [-0.2, 0) is 9.53 Å². The fraction of sp³-hybridized carbons (Fsp3) is 0.824. The Hall–Kier alpha value is -0.790. The molecule has 0 radical (unpaired) electrons. The Morgan fingerprint density at radius 1 is 1.16 bits per heavy atom. The molecule has 0 bridgehead atoms. The Morgan fingerprint density at radius 2 is 1.68 bits per heavy atom. The molecule has 110 valence electrons. The van der Waals surface area contributed by atoms with Crippen LogP contribution in [0.25, 0.3) is 0 Å². The zero-order chi connectivity index (χ0) is 14.3. The standard InChI is InChI=1S/C17H30O2/c1-14(2)10-13-17(15(3)16(18)19-4)11-8-6-5-7-9-12-17/h14H,3,5-13H2,1-2,4H3. The molecule has 1 rings (SSSR count).